The van der Waals surface area contributed by atoms with Crippen LogP contribution < -0.4 is 5.32 Å². The molecule has 0 aliphatic heterocycles. The summed E-state index contributed by atoms with van der Waals surface area (Å²) in [5.74, 6) is 0.927. The van der Waals surface area contributed by atoms with Crippen molar-refractivity contribution in [2.45, 2.75) is 20.3 Å². The molecular formula is C14H14BrNO2. The Kier molecular flexibility index (Phi) is 3.87. The summed E-state index contributed by atoms with van der Waals surface area (Å²) < 4.78 is 6.42. The number of furan rings is 1. The lowest BCUT2D eigenvalue weighted by Gasteiger charge is -2.05. The number of anilines is 1. The van der Waals surface area contributed by atoms with E-state index in [-0.39, 0.29) is 5.91 Å². The molecule has 2 rings (SSSR count). The number of amides is 1. The molecular weight excluding hydrogens is 294 g/mol. The first-order valence-electron chi connectivity index (χ1n) is 5.76. The SMILES string of the molecule is CCc1ccc(C(=O)Nc2ccc(Br)c(C)c2)o1. The minimum absolute atomic E-state index is 0.226. The maximum absolute atomic E-state index is 11.9. The summed E-state index contributed by atoms with van der Waals surface area (Å²) in [5, 5.41) is 2.81. The maximum atomic E-state index is 11.9. The molecule has 1 amide bonds. The van der Waals surface area contributed by atoms with Gasteiger partial charge in [0.05, 0.1) is 0 Å². The highest BCUT2D eigenvalue weighted by molar-refractivity contribution is 9.10. The van der Waals surface area contributed by atoms with Crippen LogP contribution in [0.15, 0.2) is 39.2 Å². The number of halogens is 1. The van der Waals surface area contributed by atoms with Crippen LogP contribution in [0.5, 0.6) is 0 Å². The third kappa shape index (κ3) is 2.82. The second-order valence-corrected chi connectivity index (χ2v) is 4.89. The molecule has 0 aliphatic carbocycles. The fraction of sp³-hybridized carbons (Fsp3) is 0.214. The van der Waals surface area contributed by atoms with Crippen LogP contribution in [0.2, 0.25) is 0 Å². The van der Waals surface area contributed by atoms with Crippen molar-refractivity contribution in [3.63, 3.8) is 0 Å². The number of hydrogen-bond donors (Lipinski definition) is 1. The monoisotopic (exact) mass is 307 g/mol. The fourth-order valence-corrected chi connectivity index (χ4v) is 1.85. The molecule has 18 heavy (non-hydrogen) atoms. The van der Waals surface area contributed by atoms with Crippen LogP contribution in [-0.2, 0) is 6.42 Å². The minimum atomic E-state index is -0.226. The molecule has 2 aromatic rings. The van der Waals surface area contributed by atoms with Crippen LogP contribution in [0.25, 0.3) is 0 Å². The highest BCUT2D eigenvalue weighted by atomic mass is 79.9. The second-order valence-electron chi connectivity index (χ2n) is 4.04. The van der Waals surface area contributed by atoms with E-state index in [1.807, 2.05) is 38.1 Å². The van der Waals surface area contributed by atoms with E-state index < -0.39 is 0 Å². The van der Waals surface area contributed by atoms with E-state index in [4.69, 9.17) is 4.42 Å². The molecule has 1 N–H and O–H groups in total. The number of benzene rings is 1. The number of aryl methyl sites for hydroxylation is 2. The Balaban J connectivity index is 2.13. The number of carbonyl (C=O) groups excluding carboxylic acids is 1. The molecule has 0 radical (unpaired) electrons. The van der Waals surface area contributed by atoms with Crippen LogP contribution in [0.4, 0.5) is 5.69 Å². The highest BCUT2D eigenvalue weighted by Gasteiger charge is 2.11. The molecule has 0 atom stereocenters. The van der Waals surface area contributed by atoms with Gasteiger partial charge in [-0.05, 0) is 42.8 Å². The van der Waals surface area contributed by atoms with Crippen molar-refractivity contribution in [2.24, 2.45) is 0 Å². The van der Waals surface area contributed by atoms with Crippen LogP contribution in [0.1, 0.15) is 28.8 Å². The van der Waals surface area contributed by atoms with Gasteiger partial charge in [0.25, 0.3) is 5.91 Å². The predicted octanol–water partition coefficient (Wildman–Crippen LogP) is 4.17. The van der Waals surface area contributed by atoms with Crippen LogP contribution in [0, 0.1) is 6.92 Å². The van der Waals surface area contributed by atoms with Gasteiger partial charge in [0.15, 0.2) is 5.76 Å². The van der Waals surface area contributed by atoms with Crippen molar-refractivity contribution < 1.29 is 9.21 Å². The average Bonchev–Trinajstić information content (AvgIpc) is 2.82. The van der Waals surface area contributed by atoms with Crippen molar-refractivity contribution in [1.82, 2.24) is 0 Å². The minimum Gasteiger partial charge on any atom is -0.456 e. The molecule has 0 saturated heterocycles. The molecule has 0 aliphatic rings. The van der Waals surface area contributed by atoms with Crippen LogP contribution in [0.3, 0.4) is 0 Å². The highest BCUT2D eigenvalue weighted by Crippen LogP contribution is 2.20. The van der Waals surface area contributed by atoms with Gasteiger partial charge in [-0.3, -0.25) is 4.79 Å². The molecule has 1 aromatic carbocycles. The Hall–Kier alpha value is -1.55. The number of carbonyl (C=O) groups is 1. The van der Waals surface area contributed by atoms with E-state index in [9.17, 15) is 4.79 Å². The zero-order valence-corrected chi connectivity index (χ0v) is 11.9. The van der Waals surface area contributed by atoms with Crippen LogP contribution >= 0.6 is 15.9 Å². The van der Waals surface area contributed by atoms with Gasteiger partial charge in [-0.1, -0.05) is 22.9 Å². The number of rotatable bonds is 3. The van der Waals surface area contributed by atoms with Crippen molar-refractivity contribution in [3.8, 4) is 0 Å². The predicted molar refractivity (Wildman–Crippen MR) is 74.9 cm³/mol. The van der Waals surface area contributed by atoms with Gasteiger partial charge in [0.2, 0.25) is 0 Å². The lowest BCUT2D eigenvalue weighted by Crippen LogP contribution is -2.10. The van der Waals surface area contributed by atoms with Gasteiger partial charge in [-0.25, -0.2) is 0 Å². The molecule has 0 saturated carbocycles. The van der Waals surface area contributed by atoms with Crippen molar-refractivity contribution in [1.29, 1.82) is 0 Å². The van der Waals surface area contributed by atoms with E-state index in [2.05, 4.69) is 21.2 Å². The fourth-order valence-electron chi connectivity index (χ4n) is 1.61. The summed E-state index contributed by atoms with van der Waals surface area (Å²) in [7, 11) is 0. The first-order valence-corrected chi connectivity index (χ1v) is 6.55. The molecule has 1 heterocycles. The second kappa shape index (κ2) is 5.40. The number of nitrogens with one attached hydrogen (secondary N) is 1. The molecule has 0 fully saturated rings. The molecule has 0 spiro atoms. The Morgan fingerprint density at radius 3 is 2.72 bits per heavy atom. The summed E-state index contributed by atoms with van der Waals surface area (Å²) in [6, 6.07) is 9.18. The first-order chi connectivity index (χ1) is 8.60. The Bertz CT molecular complexity index is 575. The third-order valence-corrected chi connectivity index (χ3v) is 3.54. The molecule has 3 nitrogen and oxygen atoms in total. The van der Waals surface area contributed by atoms with Gasteiger partial charge in [-0.15, -0.1) is 0 Å². The van der Waals surface area contributed by atoms with Gasteiger partial charge >= 0.3 is 0 Å². The van der Waals surface area contributed by atoms with E-state index in [1.54, 1.807) is 6.07 Å². The van der Waals surface area contributed by atoms with Gasteiger partial charge in [0.1, 0.15) is 5.76 Å². The van der Waals surface area contributed by atoms with Crippen molar-refractivity contribution >= 4 is 27.5 Å². The lowest BCUT2D eigenvalue weighted by molar-refractivity contribution is 0.0995. The summed E-state index contributed by atoms with van der Waals surface area (Å²) in [6.07, 6.45) is 0.782. The van der Waals surface area contributed by atoms with Gasteiger partial charge in [0, 0.05) is 16.6 Å². The van der Waals surface area contributed by atoms with E-state index >= 15 is 0 Å². The maximum Gasteiger partial charge on any atom is 0.291 e. The number of hydrogen-bond acceptors (Lipinski definition) is 2. The average molecular weight is 308 g/mol. The lowest BCUT2D eigenvalue weighted by atomic mass is 10.2. The molecule has 4 heteroatoms. The smallest absolute Gasteiger partial charge is 0.291 e. The Morgan fingerprint density at radius 2 is 2.11 bits per heavy atom. The summed E-state index contributed by atoms with van der Waals surface area (Å²) in [6.45, 7) is 3.96. The zero-order chi connectivity index (χ0) is 13.1. The van der Waals surface area contributed by atoms with E-state index in [1.165, 1.54) is 0 Å². The first kappa shape index (κ1) is 12.9. The van der Waals surface area contributed by atoms with Gasteiger partial charge in [-0.2, -0.15) is 0 Å². The summed E-state index contributed by atoms with van der Waals surface area (Å²) in [4.78, 5) is 11.9. The summed E-state index contributed by atoms with van der Waals surface area (Å²) in [5.41, 5.74) is 1.83. The zero-order valence-electron chi connectivity index (χ0n) is 10.3. The normalized spacial score (nSPS) is 10.4. The van der Waals surface area contributed by atoms with Crippen LogP contribution in [-0.4, -0.2) is 5.91 Å². The standard InChI is InChI=1S/C14H14BrNO2/c1-3-11-5-7-13(18-11)14(17)16-10-4-6-12(15)9(2)8-10/h4-8H,3H2,1-2H3,(H,16,17). The van der Waals surface area contributed by atoms with Crippen molar-refractivity contribution in [2.75, 3.05) is 5.32 Å². The Labute approximate surface area is 114 Å². The Morgan fingerprint density at radius 1 is 1.33 bits per heavy atom. The largest absolute Gasteiger partial charge is 0.456 e. The van der Waals surface area contributed by atoms with E-state index in [0.29, 0.717) is 5.76 Å². The molecule has 94 valence electrons. The summed E-state index contributed by atoms with van der Waals surface area (Å²) >= 11 is 3.42. The quantitative estimate of drug-likeness (QED) is 0.925. The van der Waals surface area contributed by atoms with Crippen molar-refractivity contribution in [3.05, 3.63) is 51.9 Å². The van der Waals surface area contributed by atoms with E-state index in [0.717, 1.165) is 27.9 Å². The van der Waals surface area contributed by atoms with Gasteiger partial charge < -0.3 is 9.73 Å². The third-order valence-electron chi connectivity index (χ3n) is 2.65. The molecule has 1 aromatic heterocycles. The molecule has 0 bridgehead atoms. The topological polar surface area (TPSA) is 42.2 Å². The molecule has 0 unspecified atom stereocenters.